The molecule has 182 valence electrons. The van der Waals surface area contributed by atoms with Gasteiger partial charge >= 0.3 is 5.97 Å². The van der Waals surface area contributed by atoms with Crippen LogP contribution in [0, 0.1) is 11.8 Å². The van der Waals surface area contributed by atoms with Crippen molar-refractivity contribution in [3.63, 3.8) is 0 Å². The van der Waals surface area contributed by atoms with E-state index in [9.17, 15) is 19.5 Å². The molecule has 2 amide bonds. The van der Waals surface area contributed by atoms with Gasteiger partial charge < -0.3 is 19.6 Å². The van der Waals surface area contributed by atoms with Gasteiger partial charge in [-0.25, -0.2) is 0 Å². The van der Waals surface area contributed by atoms with E-state index in [2.05, 4.69) is 13.2 Å². The number of hydrogen-bond donors (Lipinski definition) is 1. The molecule has 3 aliphatic heterocycles. The number of ether oxygens (including phenoxy) is 1. The van der Waals surface area contributed by atoms with Gasteiger partial charge in [0, 0.05) is 17.8 Å². The van der Waals surface area contributed by atoms with Gasteiger partial charge in [0.2, 0.25) is 11.8 Å². The van der Waals surface area contributed by atoms with Crippen molar-refractivity contribution in [2.75, 3.05) is 19.8 Å². The molecule has 3 saturated heterocycles. The highest BCUT2D eigenvalue weighted by molar-refractivity contribution is 8.02. The van der Waals surface area contributed by atoms with E-state index in [4.69, 9.17) is 4.74 Å². The lowest BCUT2D eigenvalue weighted by Crippen LogP contribution is -2.58. The van der Waals surface area contributed by atoms with E-state index in [1.807, 2.05) is 4.90 Å². The highest BCUT2D eigenvalue weighted by Crippen LogP contribution is 2.67. The number of carbonyl (C=O) groups excluding carboxylic acids is 3. The second-order valence-corrected chi connectivity index (χ2v) is 11.4. The molecule has 33 heavy (non-hydrogen) atoms. The summed E-state index contributed by atoms with van der Waals surface area (Å²) in [7, 11) is 0. The molecule has 8 heteroatoms. The van der Waals surface area contributed by atoms with Gasteiger partial charge in [0.15, 0.2) is 0 Å². The smallest absolute Gasteiger partial charge is 0.311 e. The summed E-state index contributed by atoms with van der Waals surface area (Å²) in [5, 5.41) is 9.95. The number of likely N-dealkylation sites (tertiary alicyclic amines) is 1. The molecule has 0 aromatic rings. The molecule has 2 unspecified atom stereocenters. The molecular weight excluding hydrogens is 440 g/mol. The first-order valence-corrected chi connectivity index (χ1v) is 13.1. The third-order valence-electron chi connectivity index (χ3n) is 7.95. The Labute approximate surface area is 200 Å². The Kier molecular flexibility index (Phi) is 7.24. The summed E-state index contributed by atoms with van der Waals surface area (Å²) in [4.78, 5) is 44.5. The molecule has 7 nitrogen and oxygen atoms in total. The van der Waals surface area contributed by atoms with Gasteiger partial charge in [-0.15, -0.1) is 18.3 Å². The maximum Gasteiger partial charge on any atom is 0.311 e. The van der Waals surface area contributed by atoms with Gasteiger partial charge in [-0.1, -0.05) is 38.0 Å². The number of fused-ring (bicyclic) bond motifs is 1. The van der Waals surface area contributed by atoms with Crippen LogP contribution in [0.15, 0.2) is 25.3 Å². The summed E-state index contributed by atoms with van der Waals surface area (Å²) in [6.45, 7) is 9.57. The highest BCUT2D eigenvalue weighted by atomic mass is 32.2. The number of esters is 1. The maximum atomic E-state index is 14.2. The van der Waals surface area contributed by atoms with Crippen molar-refractivity contribution < 1.29 is 24.2 Å². The van der Waals surface area contributed by atoms with Crippen LogP contribution in [0.3, 0.4) is 0 Å². The Morgan fingerprint density at radius 1 is 1.27 bits per heavy atom. The van der Waals surface area contributed by atoms with E-state index in [1.54, 1.807) is 29.7 Å². The molecule has 2 bridgehead atoms. The molecule has 1 saturated carbocycles. The van der Waals surface area contributed by atoms with Crippen LogP contribution >= 0.6 is 11.8 Å². The summed E-state index contributed by atoms with van der Waals surface area (Å²) in [5.74, 6) is -1.81. The third-order valence-corrected chi connectivity index (χ3v) is 9.90. The fourth-order valence-electron chi connectivity index (χ4n) is 6.55. The van der Waals surface area contributed by atoms with Crippen LogP contribution in [-0.4, -0.2) is 80.6 Å². The van der Waals surface area contributed by atoms with Crippen molar-refractivity contribution in [2.45, 2.75) is 80.0 Å². The highest BCUT2D eigenvalue weighted by Gasteiger charge is 2.74. The molecule has 4 aliphatic rings. The Morgan fingerprint density at radius 3 is 2.64 bits per heavy atom. The van der Waals surface area contributed by atoms with Gasteiger partial charge in [-0.05, 0) is 32.6 Å². The number of thioether (sulfide) groups is 1. The zero-order valence-corrected chi connectivity index (χ0v) is 20.3. The molecule has 1 spiro atoms. The van der Waals surface area contributed by atoms with Crippen LogP contribution in [0.25, 0.3) is 0 Å². The standard InChI is InChI=1S/C25H36N2O5S/c1-4-13-26(17-9-7-6-8-10-17)23(30)21-25-12-11-18(33-25)19(24(31)32-14-5-2)20(25)22(29)27(21)16(3)15-28/h4-5,16-21,28H,1-2,6-15H2,3H3/t16-,18+,19-,20+,21?,25?/m1/s1. The quantitative estimate of drug-likeness (QED) is 0.407. The summed E-state index contributed by atoms with van der Waals surface area (Å²) < 4.78 is 4.72. The van der Waals surface area contributed by atoms with Crippen LogP contribution in [0.5, 0.6) is 0 Å². The number of amides is 2. The second kappa shape index (κ2) is 9.82. The number of nitrogens with zero attached hydrogens (tertiary/aromatic N) is 2. The zero-order valence-electron chi connectivity index (χ0n) is 19.5. The normalized spacial score (nSPS) is 34.1. The first-order chi connectivity index (χ1) is 15.9. The van der Waals surface area contributed by atoms with Crippen LogP contribution < -0.4 is 0 Å². The second-order valence-electron chi connectivity index (χ2n) is 9.82. The lowest BCUT2D eigenvalue weighted by Gasteiger charge is -2.42. The molecule has 4 fully saturated rings. The van der Waals surface area contributed by atoms with Crippen molar-refractivity contribution in [3.05, 3.63) is 25.3 Å². The lowest BCUT2D eigenvalue weighted by molar-refractivity contribution is -0.153. The van der Waals surface area contributed by atoms with Crippen LogP contribution in [-0.2, 0) is 19.1 Å². The molecular formula is C25H36N2O5S. The molecule has 3 heterocycles. The number of hydrogen-bond acceptors (Lipinski definition) is 6. The molecule has 4 rings (SSSR count). The van der Waals surface area contributed by atoms with E-state index < -0.39 is 28.7 Å². The van der Waals surface area contributed by atoms with E-state index in [-0.39, 0.29) is 42.3 Å². The Morgan fingerprint density at radius 2 is 2.00 bits per heavy atom. The molecule has 0 radical (unpaired) electrons. The van der Waals surface area contributed by atoms with E-state index in [1.165, 1.54) is 12.5 Å². The van der Waals surface area contributed by atoms with Gasteiger partial charge in [0.25, 0.3) is 0 Å². The molecule has 1 aliphatic carbocycles. The lowest BCUT2D eigenvalue weighted by atomic mass is 9.71. The minimum absolute atomic E-state index is 0.0271. The van der Waals surface area contributed by atoms with Crippen molar-refractivity contribution in [1.82, 2.24) is 9.80 Å². The third kappa shape index (κ3) is 3.93. The predicted octanol–water partition coefficient (Wildman–Crippen LogP) is 2.53. The Bertz CT molecular complexity index is 813. The largest absolute Gasteiger partial charge is 0.461 e. The van der Waals surface area contributed by atoms with E-state index >= 15 is 0 Å². The van der Waals surface area contributed by atoms with Crippen LogP contribution in [0.2, 0.25) is 0 Å². The van der Waals surface area contributed by atoms with Crippen LogP contribution in [0.4, 0.5) is 0 Å². The van der Waals surface area contributed by atoms with Gasteiger partial charge in [0.1, 0.15) is 12.6 Å². The molecule has 1 N–H and O–H groups in total. The maximum absolute atomic E-state index is 14.2. The van der Waals surface area contributed by atoms with Crippen molar-refractivity contribution in [3.8, 4) is 0 Å². The number of rotatable bonds is 9. The fraction of sp³-hybridized carbons (Fsp3) is 0.720. The topological polar surface area (TPSA) is 87.2 Å². The Hall–Kier alpha value is -1.80. The van der Waals surface area contributed by atoms with Gasteiger partial charge in [-0.2, -0.15) is 0 Å². The predicted molar refractivity (Wildman–Crippen MR) is 127 cm³/mol. The fourth-order valence-corrected chi connectivity index (χ4v) is 8.73. The SMILES string of the molecule is C=CCOC(=O)[C@@H]1[C@@H]2CCC3(S2)C(C(=O)N(CC=C)C2CCCCC2)N([C@H](C)CO)C(=O)[C@H]13. The first kappa shape index (κ1) is 24.3. The number of aliphatic hydroxyl groups is 1. The van der Waals surface area contributed by atoms with Crippen molar-refractivity contribution in [1.29, 1.82) is 0 Å². The molecule has 6 atom stereocenters. The first-order valence-electron chi connectivity index (χ1n) is 12.2. The van der Waals surface area contributed by atoms with E-state index in [0.717, 1.165) is 32.1 Å². The molecule has 0 aromatic heterocycles. The average molecular weight is 477 g/mol. The van der Waals surface area contributed by atoms with Crippen molar-refractivity contribution >= 4 is 29.5 Å². The average Bonchev–Trinajstić information content (AvgIpc) is 3.48. The minimum Gasteiger partial charge on any atom is -0.461 e. The number of carbonyl (C=O) groups is 3. The summed E-state index contributed by atoms with van der Waals surface area (Å²) in [5.41, 5.74) is 0. The molecule has 0 aromatic carbocycles. The van der Waals surface area contributed by atoms with Crippen LogP contribution in [0.1, 0.15) is 51.9 Å². The Balaban J connectivity index is 1.72. The summed E-state index contributed by atoms with van der Waals surface area (Å²) in [6, 6.07) is -1.06. The zero-order chi connectivity index (χ0) is 23.8. The van der Waals surface area contributed by atoms with Crippen molar-refractivity contribution in [2.24, 2.45) is 11.8 Å². The van der Waals surface area contributed by atoms with Gasteiger partial charge in [0.05, 0.1) is 29.2 Å². The summed E-state index contributed by atoms with van der Waals surface area (Å²) in [6.07, 6.45) is 10.0. The monoisotopic (exact) mass is 476 g/mol. The van der Waals surface area contributed by atoms with Gasteiger partial charge in [-0.3, -0.25) is 14.4 Å². The summed E-state index contributed by atoms with van der Waals surface area (Å²) >= 11 is 1.63. The minimum atomic E-state index is -0.689. The number of aliphatic hydroxyl groups excluding tert-OH is 1. The van der Waals surface area contributed by atoms with E-state index in [0.29, 0.717) is 13.0 Å².